The minimum atomic E-state index is 0.0229. The summed E-state index contributed by atoms with van der Waals surface area (Å²) in [5, 5.41) is 3.33. The van der Waals surface area contributed by atoms with Gasteiger partial charge in [-0.3, -0.25) is 4.79 Å². The van der Waals surface area contributed by atoms with Crippen molar-refractivity contribution in [1.29, 1.82) is 0 Å². The van der Waals surface area contributed by atoms with Crippen LogP contribution in [-0.2, 0) is 9.53 Å². The third kappa shape index (κ3) is 4.46. The van der Waals surface area contributed by atoms with Crippen molar-refractivity contribution in [2.24, 2.45) is 0 Å². The average molecular weight is 268 g/mol. The number of ether oxygens (including phenoxy) is 1. The molecule has 1 saturated heterocycles. The Balaban J connectivity index is 1.64. The van der Waals surface area contributed by atoms with Crippen molar-refractivity contribution < 1.29 is 9.53 Å². The van der Waals surface area contributed by atoms with E-state index in [-0.39, 0.29) is 11.9 Å². The molecule has 1 N–H and O–H groups in total. The molecule has 1 amide bonds. The SMILES string of the molecule is CC(C)NC1CCN(CCOC2CCCCC2)C1=O. The summed E-state index contributed by atoms with van der Waals surface area (Å²) in [4.78, 5) is 14.1. The van der Waals surface area contributed by atoms with E-state index in [1.807, 2.05) is 4.90 Å². The Morgan fingerprint density at radius 1 is 1.26 bits per heavy atom. The van der Waals surface area contributed by atoms with Gasteiger partial charge in [0, 0.05) is 19.1 Å². The van der Waals surface area contributed by atoms with Crippen molar-refractivity contribution in [2.45, 2.75) is 70.6 Å². The van der Waals surface area contributed by atoms with Gasteiger partial charge >= 0.3 is 0 Å². The van der Waals surface area contributed by atoms with Crippen LogP contribution in [0, 0.1) is 0 Å². The zero-order chi connectivity index (χ0) is 13.7. The number of likely N-dealkylation sites (tertiary alicyclic amines) is 1. The van der Waals surface area contributed by atoms with Crippen LogP contribution in [0.2, 0.25) is 0 Å². The number of amides is 1. The fourth-order valence-electron chi connectivity index (χ4n) is 3.08. The van der Waals surface area contributed by atoms with Crippen LogP contribution < -0.4 is 5.32 Å². The highest BCUT2D eigenvalue weighted by Crippen LogP contribution is 2.20. The fourth-order valence-corrected chi connectivity index (χ4v) is 3.08. The van der Waals surface area contributed by atoms with Gasteiger partial charge in [0.1, 0.15) is 0 Å². The van der Waals surface area contributed by atoms with Gasteiger partial charge in [-0.2, -0.15) is 0 Å². The summed E-state index contributed by atoms with van der Waals surface area (Å²) in [6, 6.07) is 0.391. The van der Waals surface area contributed by atoms with Gasteiger partial charge < -0.3 is 15.0 Å². The van der Waals surface area contributed by atoms with Crippen LogP contribution in [0.5, 0.6) is 0 Å². The molecular formula is C15H28N2O2. The molecule has 1 unspecified atom stereocenters. The molecule has 4 nitrogen and oxygen atoms in total. The summed E-state index contributed by atoms with van der Waals surface area (Å²) in [6.45, 7) is 6.50. The van der Waals surface area contributed by atoms with Gasteiger partial charge in [0.25, 0.3) is 0 Å². The summed E-state index contributed by atoms with van der Waals surface area (Å²) in [5.74, 6) is 0.251. The van der Waals surface area contributed by atoms with E-state index in [9.17, 15) is 4.79 Å². The predicted molar refractivity (Wildman–Crippen MR) is 76.1 cm³/mol. The van der Waals surface area contributed by atoms with Crippen LogP contribution in [0.25, 0.3) is 0 Å². The zero-order valence-electron chi connectivity index (χ0n) is 12.4. The van der Waals surface area contributed by atoms with E-state index >= 15 is 0 Å². The molecule has 1 aliphatic carbocycles. The molecule has 2 aliphatic rings. The van der Waals surface area contributed by atoms with E-state index in [4.69, 9.17) is 4.74 Å². The molecular weight excluding hydrogens is 240 g/mol. The average Bonchev–Trinajstić information content (AvgIpc) is 2.72. The Hall–Kier alpha value is -0.610. The minimum absolute atomic E-state index is 0.0229. The zero-order valence-corrected chi connectivity index (χ0v) is 12.4. The van der Waals surface area contributed by atoms with E-state index in [1.165, 1.54) is 32.1 Å². The Bertz CT molecular complexity index is 288. The van der Waals surface area contributed by atoms with Crippen molar-refractivity contribution >= 4 is 5.91 Å². The summed E-state index contributed by atoms with van der Waals surface area (Å²) in [5.41, 5.74) is 0. The summed E-state index contributed by atoms with van der Waals surface area (Å²) < 4.78 is 5.90. The van der Waals surface area contributed by atoms with Crippen LogP contribution in [0.1, 0.15) is 52.4 Å². The molecule has 1 saturated carbocycles. The monoisotopic (exact) mass is 268 g/mol. The second kappa shape index (κ2) is 7.25. The molecule has 1 heterocycles. The topological polar surface area (TPSA) is 41.6 Å². The van der Waals surface area contributed by atoms with E-state index in [0.29, 0.717) is 18.8 Å². The first kappa shape index (κ1) is 14.8. The number of nitrogens with zero attached hydrogens (tertiary/aromatic N) is 1. The van der Waals surface area contributed by atoms with Gasteiger partial charge in [0.05, 0.1) is 18.8 Å². The summed E-state index contributed by atoms with van der Waals surface area (Å²) in [7, 11) is 0. The van der Waals surface area contributed by atoms with Crippen LogP contribution in [0.3, 0.4) is 0 Å². The Labute approximate surface area is 116 Å². The molecule has 19 heavy (non-hydrogen) atoms. The standard InChI is InChI=1S/C15H28N2O2/c1-12(2)16-14-8-9-17(15(14)18)10-11-19-13-6-4-3-5-7-13/h12-14,16H,3-11H2,1-2H3. The molecule has 2 fully saturated rings. The normalized spacial score (nSPS) is 25.5. The van der Waals surface area contributed by atoms with Crippen LogP contribution in [0.4, 0.5) is 0 Å². The third-order valence-electron chi connectivity index (χ3n) is 4.10. The maximum Gasteiger partial charge on any atom is 0.239 e. The molecule has 1 atom stereocenters. The van der Waals surface area contributed by atoms with E-state index in [1.54, 1.807) is 0 Å². The van der Waals surface area contributed by atoms with Crippen molar-refractivity contribution in [3.8, 4) is 0 Å². The quantitative estimate of drug-likeness (QED) is 0.800. The molecule has 0 aromatic carbocycles. The first-order chi connectivity index (χ1) is 9.16. The highest BCUT2D eigenvalue weighted by molar-refractivity contribution is 5.84. The lowest BCUT2D eigenvalue weighted by Gasteiger charge is -2.24. The molecule has 110 valence electrons. The number of nitrogens with one attached hydrogen (secondary N) is 1. The van der Waals surface area contributed by atoms with Crippen molar-refractivity contribution in [1.82, 2.24) is 10.2 Å². The smallest absolute Gasteiger partial charge is 0.239 e. The van der Waals surface area contributed by atoms with Gasteiger partial charge in [-0.1, -0.05) is 33.1 Å². The highest BCUT2D eigenvalue weighted by atomic mass is 16.5. The lowest BCUT2D eigenvalue weighted by atomic mass is 9.98. The largest absolute Gasteiger partial charge is 0.376 e. The molecule has 0 bridgehead atoms. The van der Waals surface area contributed by atoms with Gasteiger partial charge in [-0.05, 0) is 19.3 Å². The molecule has 0 aromatic heterocycles. The first-order valence-corrected chi connectivity index (χ1v) is 7.83. The molecule has 0 radical (unpaired) electrons. The van der Waals surface area contributed by atoms with Gasteiger partial charge in [-0.25, -0.2) is 0 Å². The molecule has 4 heteroatoms. The second-order valence-corrected chi connectivity index (χ2v) is 6.12. The maximum absolute atomic E-state index is 12.1. The van der Waals surface area contributed by atoms with E-state index in [2.05, 4.69) is 19.2 Å². The van der Waals surface area contributed by atoms with Gasteiger partial charge in [0.2, 0.25) is 5.91 Å². The Morgan fingerprint density at radius 3 is 2.68 bits per heavy atom. The lowest BCUT2D eigenvalue weighted by molar-refractivity contribution is -0.130. The van der Waals surface area contributed by atoms with Crippen LogP contribution in [-0.4, -0.2) is 48.7 Å². The Kier molecular flexibility index (Phi) is 5.64. The van der Waals surface area contributed by atoms with Crippen LogP contribution >= 0.6 is 0 Å². The number of carbonyl (C=O) groups is 1. The molecule has 1 aliphatic heterocycles. The molecule has 2 rings (SSSR count). The van der Waals surface area contributed by atoms with Gasteiger partial charge in [0.15, 0.2) is 0 Å². The lowest BCUT2D eigenvalue weighted by Crippen LogP contribution is -2.42. The number of hydrogen-bond donors (Lipinski definition) is 1. The number of rotatable bonds is 6. The predicted octanol–water partition coefficient (Wildman–Crippen LogP) is 1.93. The van der Waals surface area contributed by atoms with Crippen molar-refractivity contribution in [3.05, 3.63) is 0 Å². The minimum Gasteiger partial charge on any atom is -0.376 e. The Morgan fingerprint density at radius 2 is 2.00 bits per heavy atom. The van der Waals surface area contributed by atoms with Crippen molar-refractivity contribution in [2.75, 3.05) is 19.7 Å². The van der Waals surface area contributed by atoms with E-state index in [0.717, 1.165) is 19.5 Å². The van der Waals surface area contributed by atoms with E-state index < -0.39 is 0 Å². The maximum atomic E-state index is 12.1. The fraction of sp³-hybridized carbons (Fsp3) is 0.933. The summed E-state index contributed by atoms with van der Waals surface area (Å²) >= 11 is 0. The van der Waals surface area contributed by atoms with Crippen LogP contribution in [0.15, 0.2) is 0 Å². The molecule has 0 spiro atoms. The third-order valence-corrected chi connectivity index (χ3v) is 4.10. The van der Waals surface area contributed by atoms with Gasteiger partial charge in [-0.15, -0.1) is 0 Å². The number of carbonyl (C=O) groups excluding carboxylic acids is 1. The number of hydrogen-bond acceptors (Lipinski definition) is 3. The highest BCUT2D eigenvalue weighted by Gasteiger charge is 2.31. The summed E-state index contributed by atoms with van der Waals surface area (Å²) in [6.07, 6.45) is 7.72. The van der Waals surface area contributed by atoms with Crippen molar-refractivity contribution in [3.63, 3.8) is 0 Å². The first-order valence-electron chi connectivity index (χ1n) is 7.83. The second-order valence-electron chi connectivity index (χ2n) is 6.12. The molecule has 0 aromatic rings.